The zero-order valence-corrected chi connectivity index (χ0v) is 10.1. The van der Waals surface area contributed by atoms with Crippen molar-refractivity contribution >= 4 is 11.9 Å². The van der Waals surface area contributed by atoms with Crippen LogP contribution in [-0.4, -0.2) is 47.7 Å². The summed E-state index contributed by atoms with van der Waals surface area (Å²) in [7, 11) is 0. The molecule has 0 bridgehead atoms. The highest BCUT2D eigenvalue weighted by molar-refractivity contribution is 5.80. The van der Waals surface area contributed by atoms with E-state index in [1.165, 1.54) is 0 Å². The molecule has 2 heterocycles. The second-order valence-electron chi connectivity index (χ2n) is 4.91. The van der Waals surface area contributed by atoms with Crippen LogP contribution in [0.15, 0.2) is 0 Å². The van der Waals surface area contributed by atoms with E-state index in [9.17, 15) is 9.59 Å². The molecule has 2 atom stereocenters. The largest absolute Gasteiger partial charge is 0.481 e. The monoisotopic (exact) mass is 241 g/mol. The highest BCUT2D eigenvalue weighted by atomic mass is 16.5. The van der Waals surface area contributed by atoms with Gasteiger partial charge in [0.15, 0.2) is 0 Å². The summed E-state index contributed by atoms with van der Waals surface area (Å²) in [6, 6.07) is 0. The number of rotatable bonds is 2. The van der Waals surface area contributed by atoms with Gasteiger partial charge in [0.2, 0.25) is 5.91 Å². The molecule has 1 N–H and O–H groups in total. The lowest BCUT2D eigenvalue weighted by atomic mass is 9.94. The molecule has 0 spiro atoms. The van der Waals surface area contributed by atoms with E-state index in [1.807, 2.05) is 6.92 Å². The van der Waals surface area contributed by atoms with Crippen molar-refractivity contribution in [2.45, 2.75) is 32.3 Å². The van der Waals surface area contributed by atoms with Crippen molar-refractivity contribution in [3.8, 4) is 0 Å². The van der Waals surface area contributed by atoms with Crippen LogP contribution in [-0.2, 0) is 14.3 Å². The zero-order chi connectivity index (χ0) is 12.4. The molecule has 0 saturated carbocycles. The quantitative estimate of drug-likeness (QED) is 0.774. The summed E-state index contributed by atoms with van der Waals surface area (Å²) in [4.78, 5) is 24.8. The molecule has 0 radical (unpaired) electrons. The minimum absolute atomic E-state index is 0.000280. The number of hydrogen-bond donors (Lipinski definition) is 1. The van der Waals surface area contributed by atoms with Gasteiger partial charge >= 0.3 is 5.97 Å². The van der Waals surface area contributed by atoms with E-state index in [4.69, 9.17) is 9.84 Å². The van der Waals surface area contributed by atoms with Gasteiger partial charge in [0.1, 0.15) is 0 Å². The smallest absolute Gasteiger partial charge is 0.306 e. The average Bonchev–Trinajstić information content (AvgIpc) is 2.74. The van der Waals surface area contributed by atoms with Gasteiger partial charge in [0.05, 0.1) is 17.9 Å². The number of hydrogen-bond acceptors (Lipinski definition) is 3. The fourth-order valence-corrected chi connectivity index (χ4v) is 2.64. The Hall–Kier alpha value is -1.10. The lowest BCUT2D eigenvalue weighted by Crippen LogP contribution is -2.44. The lowest BCUT2D eigenvalue weighted by molar-refractivity contribution is -0.147. The Morgan fingerprint density at radius 2 is 1.88 bits per heavy atom. The van der Waals surface area contributed by atoms with Crippen LogP contribution < -0.4 is 0 Å². The van der Waals surface area contributed by atoms with E-state index in [1.54, 1.807) is 4.90 Å². The normalized spacial score (nSPS) is 30.5. The first-order valence-corrected chi connectivity index (χ1v) is 6.23. The Kier molecular flexibility index (Phi) is 3.66. The average molecular weight is 241 g/mol. The van der Waals surface area contributed by atoms with Crippen molar-refractivity contribution in [1.82, 2.24) is 4.90 Å². The number of nitrogens with zero attached hydrogens (tertiary/aromatic N) is 1. The molecule has 0 aromatic carbocycles. The van der Waals surface area contributed by atoms with Crippen LogP contribution in [0.5, 0.6) is 0 Å². The van der Waals surface area contributed by atoms with Gasteiger partial charge in [0, 0.05) is 19.7 Å². The molecule has 0 aliphatic carbocycles. The summed E-state index contributed by atoms with van der Waals surface area (Å²) in [5, 5.41) is 8.89. The van der Waals surface area contributed by atoms with Crippen LogP contribution >= 0.6 is 0 Å². The van der Waals surface area contributed by atoms with E-state index in [0.29, 0.717) is 32.5 Å². The minimum atomic E-state index is -0.741. The third-order valence-corrected chi connectivity index (χ3v) is 3.85. The molecule has 5 heteroatoms. The second-order valence-corrected chi connectivity index (χ2v) is 4.91. The van der Waals surface area contributed by atoms with Crippen molar-refractivity contribution in [3.05, 3.63) is 0 Å². The van der Waals surface area contributed by atoms with Gasteiger partial charge in [-0.2, -0.15) is 0 Å². The molecule has 2 aliphatic rings. The van der Waals surface area contributed by atoms with E-state index >= 15 is 0 Å². The number of aliphatic carboxylic acids is 1. The predicted octanol–water partition coefficient (Wildman–Crippen LogP) is 0.735. The van der Waals surface area contributed by atoms with Crippen molar-refractivity contribution in [3.63, 3.8) is 0 Å². The van der Waals surface area contributed by atoms with Crippen molar-refractivity contribution < 1.29 is 19.4 Å². The Morgan fingerprint density at radius 3 is 2.35 bits per heavy atom. The molecular weight excluding hydrogens is 222 g/mol. The van der Waals surface area contributed by atoms with Crippen LogP contribution in [0.3, 0.4) is 0 Å². The maximum absolute atomic E-state index is 12.2. The molecule has 96 valence electrons. The second kappa shape index (κ2) is 5.04. The predicted molar refractivity (Wildman–Crippen MR) is 60.5 cm³/mol. The van der Waals surface area contributed by atoms with Gasteiger partial charge < -0.3 is 14.7 Å². The summed E-state index contributed by atoms with van der Waals surface area (Å²) in [6.45, 7) is 3.72. The molecule has 2 saturated heterocycles. The summed E-state index contributed by atoms with van der Waals surface area (Å²) in [6.07, 6.45) is 1.94. The third kappa shape index (κ3) is 2.60. The first-order valence-electron chi connectivity index (χ1n) is 6.23. The minimum Gasteiger partial charge on any atom is -0.481 e. The molecule has 2 fully saturated rings. The van der Waals surface area contributed by atoms with Crippen molar-refractivity contribution in [1.29, 1.82) is 0 Å². The maximum Gasteiger partial charge on any atom is 0.306 e. The van der Waals surface area contributed by atoms with Gasteiger partial charge in [-0.15, -0.1) is 0 Å². The molecule has 0 aromatic rings. The van der Waals surface area contributed by atoms with Crippen molar-refractivity contribution in [2.75, 3.05) is 19.7 Å². The molecular formula is C12H19NO4. The first-order chi connectivity index (χ1) is 8.09. The van der Waals surface area contributed by atoms with Crippen LogP contribution in [0.1, 0.15) is 26.2 Å². The van der Waals surface area contributed by atoms with E-state index in [-0.39, 0.29) is 23.8 Å². The number of amides is 1. The van der Waals surface area contributed by atoms with Crippen molar-refractivity contribution in [2.24, 2.45) is 11.8 Å². The number of carbonyl (C=O) groups excluding carboxylic acids is 1. The van der Waals surface area contributed by atoms with Gasteiger partial charge in [-0.05, 0) is 26.2 Å². The Morgan fingerprint density at radius 1 is 1.24 bits per heavy atom. The number of likely N-dealkylation sites (tertiary alicyclic amines) is 1. The Bertz CT molecular complexity index is 310. The molecule has 1 amide bonds. The van der Waals surface area contributed by atoms with Crippen LogP contribution in [0.4, 0.5) is 0 Å². The fourth-order valence-electron chi connectivity index (χ4n) is 2.64. The number of carboxylic acids is 1. The zero-order valence-electron chi connectivity index (χ0n) is 10.1. The summed E-state index contributed by atoms with van der Waals surface area (Å²) < 4.78 is 5.40. The van der Waals surface area contributed by atoms with E-state index in [2.05, 4.69) is 0 Å². The number of piperidine rings is 1. The molecule has 2 unspecified atom stereocenters. The number of ether oxygens (including phenoxy) is 1. The molecule has 5 nitrogen and oxygen atoms in total. The van der Waals surface area contributed by atoms with Crippen LogP contribution in [0, 0.1) is 11.8 Å². The topological polar surface area (TPSA) is 66.8 Å². The van der Waals surface area contributed by atoms with Gasteiger partial charge in [-0.1, -0.05) is 0 Å². The highest BCUT2D eigenvalue weighted by Crippen LogP contribution is 2.25. The van der Waals surface area contributed by atoms with Gasteiger partial charge in [0.25, 0.3) is 0 Å². The van der Waals surface area contributed by atoms with Gasteiger partial charge in [-0.3, -0.25) is 9.59 Å². The SMILES string of the molecule is CC1OCCC1C(=O)N1CCC(C(=O)O)CC1. The summed E-state index contributed by atoms with van der Waals surface area (Å²) in [5.41, 5.74) is 0. The number of carboxylic acid groups (broad SMARTS) is 1. The third-order valence-electron chi connectivity index (χ3n) is 3.85. The Labute approximate surface area is 101 Å². The number of carbonyl (C=O) groups is 2. The molecule has 2 aliphatic heterocycles. The van der Waals surface area contributed by atoms with E-state index in [0.717, 1.165) is 6.42 Å². The van der Waals surface area contributed by atoms with Gasteiger partial charge in [-0.25, -0.2) is 0 Å². The Balaban J connectivity index is 1.88. The fraction of sp³-hybridized carbons (Fsp3) is 0.833. The summed E-state index contributed by atoms with van der Waals surface area (Å²) in [5.74, 6) is -0.916. The van der Waals surface area contributed by atoms with Crippen LogP contribution in [0.2, 0.25) is 0 Å². The molecule has 2 rings (SSSR count). The molecule has 17 heavy (non-hydrogen) atoms. The highest BCUT2D eigenvalue weighted by Gasteiger charge is 2.36. The standard InChI is InChI=1S/C12H19NO4/c1-8-10(4-7-17-8)11(14)13-5-2-9(3-6-13)12(15)16/h8-10H,2-7H2,1H3,(H,15,16). The first kappa shape index (κ1) is 12.4. The summed E-state index contributed by atoms with van der Waals surface area (Å²) >= 11 is 0. The lowest BCUT2D eigenvalue weighted by Gasteiger charge is -2.32. The maximum atomic E-state index is 12.2. The van der Waals surface area contributed by atoms with Crippen LogP contribution in [0.25, 0.3) is 0 Å². The van der Waals surface area contributed by atoms with E-state index < -0.39 is 5.97 Å². The molecule has 0 aromatic heterocycles.